The van der Waals surface area contributed by atoms with Crippen LogP contribution in [0.2, 0.25) is 0 Å². The Hall–Kier alpha value is -8.60. The molecule has 0 saturated carbocycles. The normalized spacial score (nSPS) is 11.4. The molecule has 2 aromatic heterocycles. The Morgan fingerprint density at radius 3 is 0.984 bits per heavy atom. The fraction of sp³-hybridized carbons (Fsp3) is 0. The van der Waals surface area contributed by atoms with Crippen LogP contribution in [0.5, 0.6) is 0 Å². The van der Waals surface area contributed by atoms with E-state index >= 15 is 0 Å². The van der Waals surface area contributed by atoms with Crippen LogP contribution in [0.25, 0.3) is 77.3 Å². The molecule has 64 heavy (non-hydrogen) atoms. The van der Waals surface area contributed by atoms with Crippen molar-refractivity contribution in [2.75, 3.05) is 9.80 Å². The highest BCUT2D eigenvalue weighted by molar-refractivity contribution is 6.11. The highest BCUT2D eigenvalue weighted by Gasteiger charge is 2.21. The van der Waals surface area contributed by atoms with Gasteiger partial charge in [-0.1, -0.05) is 158 Å². The van der Waals surface area contributed by atoms with E-state index in [-0.39, 0.29) is 0 Å². The van der Waals surface area contributed by atoms with Gasteiger partial charge >= 0.3 is 0 Å². The summed E-state index contributed by atoms with van der Waals surface area (Å²) in [7, 11) is 0. The molecule has 0 aliphatic carbocycles. The molecule has 0 unspecified atom stereocenters. The molecule has 0 N–H and O–H groups in total. The van der Waals surface area contributed by atoms with Crippen LogP contribution in [-0.2, 0) is 0 Å². The number of fused-ring (bicyclic) bond motifs is 6. The van der Waals surface area contributed by atoms with E-state index in [1.165, 1.54) is 0 Å². The molecule has 0 saturated heterocycles. The van der Waals surface area contributed by atoms with Gasteiger partial charge in [0.15, 0.2) is 11.2 Å². The van der Waals surface area contributed by atoms with Gasteiger partial charge in [-0.15, -0.1) is 0 Å². The van der Waals surface area contributed by atoms with Gasteiger partial charge in [0.2, 0.25) is 0 Å². The van der Waals surface area contributed by atoms with Gasteiger partial charge in [-0.2, -0.15) is 0 Å². The molecule has 10 aromatic carbocycles. The maximum absolute atomic E-state index is 6.52. The summed E-state index contributed by atoms with van der Waals surface area (Å²) in [6, 6.07) is 85.6. The zero-order valence-electron chi connectivity index (χ0n) is 34.8. The van der Waals surface area contributed by atoms with Crippen LogP contribution in [0, 0.1) is 0 Å². The monoisotopic (exact) mass is 820 g/mol. The number of furan rings is 2. The Labute approximate surface area is 371 Å². The lowest BCUT2D eigenvalue weighted by Crippen LogP contribution is -2.10. The fourth-order valence-electron chi connectivity index (χ4n) is 9.19. The highest BCUT2D eigenvalue weighted by atomic mass is 16.3. The SMILES string of the molecule is c1ccc(N(c2ccc(-c3cccc(-c4cccc(-c5ccc(N(c6ccccc6)c6cccc7c6oc6ccccc67)cc5)c4)c3)cc2)c2cccc3c2oc2ccccc23)cc1. The number of nitrogens with zero attached hydrogens (tertiary/aromatic N) is 2. The van der Waals surface area contributed by atoms with Gasteiger partial charge in [-0.05, 0) is 118 Å². The minimum atomic E-state index is 0.869. The predicted octanol–water partition coefficient (Wildman–Crippen LogP) is 17.4. The van der Waals surface area contributed by atoms with E-state index in [1.54, 1.807) is 0 Å². The first kappa shape index (κ1) is 37.2. The van der Waals surface area contributed by atoms with Crippen LogP contribution in [0.4, 0.5) is 34.1 Å². The summed E-state index contributed by atoms with van der Waals surface area (Å²) in [6.45, 7) is 0. The van der Waals surface area contributed by atoms with Gasteiger partial charge in [0, 0.05) is 44.3 Å². The average Bonchev–Trinajstić information content (AvgIpc) is 3.95. The van der Waals surface area contributed by atoms with Gasteiger partial charge in [-0.3, -0.25) is 0 Å². The Morgan fingerprint density at radius 1 is 0.234 bits per heavy atom. The summed E-state index contributed by atoms with van der Waals surface area (Å²) in [6.07, 6.45) is 0. The maximum atomic E-state index is 6.52. The molecule has 0 amide bonds. The summed E-state index contributed by atoms with van der Waals surface area (Å²) in [5.41, 5.74) is 16.7. The summed E-state index contributed by atoms with van der Waals surface area (Å²) in [4.78, 5) is 4.56. The smallest absolute Gasteiger partial charge is 0.159 e. The number of rotatable bonds is 9. The van der Waals surface area contributed by atoms with E-state index < -0.39 is 0 Å². The number of para-hydroxylation sites is 6. The van der Waals surface area contributed by atoms with Crippen LogP contribution in [0.3, 0.4) is 0 Å². The minimum absolute atomic E-state index is 0.869. The summed E-state index contributed by atoms with van der Waals surface area (Å²) in [5, 5.41) is 4.44. The van der Waals surface area contributed by atoms with Crippen molar-refractivity contribution in [3.05, 3.63) is 243 Å². The van der Waals surface area contributed by atoms with Crippen molar-refractivity contribution in [1.29, 1.82) is 0 Å². The molecular weight excluding hydrogens is 781 g/mol. The van der Waals surface area contributed by atoms with Gasteiger partial charge in [0.25, 0.3) is 0 Å². The summed E-state index contributed by atoms with van der Waals surface area (Å²) in [5.74, 6) is 0. The molecule has 0 bridgehead atoms. The topological polar surface area (TPSA) is 32.8 Å². The average molecular weight is 821 g/mol. The first-order valence-corrected chi connectivity index (χ1v) is 21.7. The van der Waals surface area contributed by atoms with Crippen molar-refractivity contribution >= 4 is 78.0 Å². The molecule has 0 spiro atoms. The van der Waals surface area contributed by atoms with Crippen LogP contribution < -0.4 is 9.80 Å². The molecule has 4 heteroatoms. The minimum Gasteiger partial charge on any atom is -0.454 e. The molecule has 302 valence electrons. The van der Waals surface area contributed by atoms with Crippen LogP contribution in [-0.4, -0.2) is 0 Å². The Balaban J connectivity index is 0.850. The molecule has 0 aliphatic heterocycles. The molecule has 0 fully saturated rings. The lowest BCUT2D eigenvalue weighted by Gasteiger charge is -2.25. The third-order valence-electron chi connectivity index (χ3n) is 12.3. The van der Waals surface area contributed by atoms with Gasteiger partial charge in [0.05, 0.1) is 11.4 Å². The molecular formula is C60H40N2O2. The lowest BCUT2D eigenvalue weighted by atomic mass is 9.96. The largest absolute Gasteiger partial charge is 0.454 e. The van der Waals surface area contributed by atoms with Crippen molar-refractivity contribution in [3.8, 4) is 33.4 Å². The van der Waals surface area contributed by atoms with Crippen LogP contribution in [0.1, 0.15) is 0 Å². The van der Waals surface area contributed by atoms with E-state index in [2.05, 4.69) is 228 Å². The van der Waals surface area contributed by atoms with Crippen molar-refractivity contribution in [3.63, 3.8) is 0 Å². The summed E-state index contributed by atoms with van der Waals surface area (Å²) < 4.78 is 13.0. The lowest BCUT2D eigenvalue weighted by molar-refractivity contribution is 0.668. The molecule has 0 radical (unpaired) electrons. The second-order valence-electron chi connectivity index (χ2n) is 16.1. The zero-order valence-corrected chi connectivity index (χ0v) is 34.8. The molecule has 12 aromatic rings. The summed E-state index contributed by atoms with van der Waals surface area (Å²) >= 11 is 0. The van der Waals surface area contributed by atoms with Crippen LogP contribution in [0.15, 0.2) is 251 Å². The van der Waals surface area contributed by atoms with E-state index in [1.807, 2.05) is 24.3 Å². The number of anilines is 6. The standard InChI is InChI=1S/C60H40N2O2/c1-3-19-47(20-4-1)61(55-27-13-25-53-51-23-7-9-29-57(51)63-59(53)55)49-35-31-41(32-36-49)43-15-11-17-45(39-43)46-18-12-16-44(40-46)42-33-37-50(38-34-42)62(48-21-5-2-6-22-48)56-28-14-26-54-52-24-8-10-30-58(52)64-60(54)56/h1-40H. The zero-order chi connectivity index (χ0) is 42.4. The molecule has 4 nitrogen and oxygen atoms in total. The molecule has 0 aliphatic rings. The van der Waals surface area contributed by atoms with E-state index in [0.29, 0.717) is 0 Å². The number of benzene rings is 10. The van der Waals surface area contributed by atoms with Gasteiger partial charge in [-0.25, -0.2) is 0 Å². The highest BCUT2D eigenvalue weighted by Crippen LogP contribution is 2.44. The fourth-order valence-corrected chi connectivity index (χ4v) is 9.19. The first-order chi connectivity index (χ1) is 31.7. The predicted molar refractivity (Wildman–Crippen MR) is 267 cm³/mol. The Morgan fingerprint density at radius 2 is 0.562 bits per heavy atom. The second-order valence-corrected chi connectivity index (χ2v) is 16.1. The van der Waals surface area contributed by atoms with Crippen molar-refractivity contribution in [2.45, 2.75) is 0 Å². The number of hydrogen-bond acceptors (Lipinski definition) is 4. The quantitative estimate of drug-likeness (QED) is 0.145. The van der Waals surface area contributed by atoms with Crippen LogP contribution >= 0.6 is 0 Å². The van der Waals surface area contributed by atoms with E-state index in [9.17, 15) is 0 Å². The molecule has 12 rings (SSSR count). The first-order valence-electron chi connectivity index (χ1n) is 21.7. The third kappa shape index (κ3) is 6.57. The number of hydrogen-bond donors (Lipinski definition) is 0. The Kier molecular flexibility index (Phi) is 9.12. The van der Waals surface area contributed by atoms with E-state index in [0.717, 1.165) is 111 Å². The molecule has 0 atom stereocenters. The van der Waals surface area contributed by atoms with Crippen molar-refractivity contribution in [2.24, 2.45) is 0 Å². The van der Waals surface area contributed by atoms with Gasteiger partial charge in [0.1, 0.15) is 11.2 Å². The van der Waals surface area contributed by atoms with E-state index in [4.69, 9.17) is 8.83 Å². The molecule has 2 heterocycles. The maximum Gasteiger partial charge on any atom is 0.159 e. The van der Waals surface area contributed by atoms with Crippen molar-refractivity contribution in [1.82, 2.24) is 0 Å². The van der Waals surface area contributed by atoms with Crippen molar-refractivity contribution < 1.29 is 8.83 Å². The Bertz CT molecular complexity index is 3370. The third-order valence-corrected chi connectivity index (χ3v) is 12.3. The van der Waals surface area contributed by atoms with Gasteiger partial charge < -0.3 is 18.6 Å². The second kappa shape index (κ2) is 15.7.